The second kappa shape index (κ2) is 13.0. The van der Waals surface area contributed by atoms with Gasteiger partial charge in [0.2, 0.25) is 0 Å². The first-order valence-electron chi connectivity index (χ1n) is 14.7. The minimum absolute atomic E-state index is 0.00337. The monoisotopic (exact) mass is 640 g/mol. The number of piperidine rings is 1. The molecule has 2 heterocycles. The van der Waals surface area contributed by atoms with Gasteiger partial charge in [-0.2, -0.15) is 0 Å². The molecule has 0 unspecified atom stereocenters. The summed E-state index contributed by atoms with van der Waals surface area (Å²) < 4.78 is 25.8. The van der Waals surface area contributed by atoms with Crippen molar-refractivity contribution in [3.8, 4) is 5.75 Å². The van der Waals surface area contributed by atoms with Gasteiger partial charge in [0.1, 0.15) is 22.7 Å². The Bertz CT molecular complexity index is 1660. The summed E-state index contributed by atoms with van der Waals surface area (Å²) in [6, 6.07) is 8.34. The Morgan fingerprint density at radius 1 is 0.978 bits per heavy atom. The molecule has 0 bridgehead atoms. The molecule has 3 aromatic rings. The molecule has 1 fully saturated rings. The van der Waals surface area contributed by atoms with Crippen molar-refractivity contribution in [2.75, 3.05) is 18.1 Å². The molecule has 2 aromatic carbocycles. The van der Waals surface area contributed by atoms with Gasteiger partial charge in [-0.05, 0) is 97.6 Å². The molecule has 12 heteroatoms. The largest absolute Gasteiger partial charge is 0.443 e. The molecular formula is C33H38ClFN4O6. The van der Waals surface area contributed by atoms with Crippen molar-refractivity contribution in [3.05, 3.63) is 64.1 Å². The maximum atomic E-state index is 14.8. The standard InChI is InChI=1S/C33H38ClFN4O6/c1-19-11-14-24(22(34)17-19)39(37-31(43)45-33(5,6)7)28(40)25-26(29(41)38-15-9-8-10-16-38)36-23-18-20(35)12-13-21(23)27(25)44-30(42)32(2,3)4/h11-14,17-18H,8-10,15-16H2,1-7H3,(H,37,43). The Hall–Kier alpha value is -4.25. The summed E-state index contributed by atoms with van der Waals surface area (Å²) in [7, 11) is 0. The highest BCUT2D eigenvalue weighted by Gasteiger charge is 2.37. The van der Waals surface area contributed by atoms with E-state index in [4.69, 9.17) is 21.1 Å². The number of halogens is 2. The zero-order valence-corrected chi connectivity index (χ0v) is 27.3. The zero-order valence-electron chi connectivity index (χ0n) is 26.5. The first kappa shape index (κ1) is 33.6. The molecule has 240 valence electrons. The molecule has 1 aliphatic heterocycles. The average Bonchev–Trinajstić information content (AvgIpc) is 2.94. The lowest BCUT2D eigenvalue weighted by Gasteiger charge is -2.30. The van der Waals surface area contributed by atoms with Crippen LogP contribution in [0.3, 0.4) is 0 Å². The number of carbonyl (C=O) groups is 4. The van der Waals surface area contributed by atoms with E-state index in [1.165, 1.54) is 12.1 Å². The number of hydrogen-bond donors (Lipinski definition) is 1. The van der Waals surface area contributed by atoms with Gasteiger partial charge in [-0.1, -0.05) is 17.7 Å². The lowest BCUT2D eigenvalue weighted by molar-refractivity contribution is -0.142. The number of nitrogens with zero attached hydrogens (tertiary/aromatic N) is 3. The van der Waals surface area contributed by atoms with Crippen LogP contribution in [0.1, 0.15) is 87.2 Å². The molecule has 1 aliphatic rings. The second-order valence-electron chi connectivity index (χ2n) is 13.0. The van der Waals surface area contributed by atoms with Crippen LogP contribution in [0.25, 0.3) is 10.9 Å². The molecule has 1 N–H and O–H groups in total. The molecule has 0 radical (unpaired) electrons. The number of aryl methyl sites for hydroxylation is 1. The number of hydrogen-bond acceptors (Lipinski definition) is 7. The van der Waals surface area contributed by atoms with Crippen LogP contribution in [0.4, 0.5) is 14.9 Å². The molecular weight excluding hydrogens is 603 g/mol. The van der Waals surface area contributed by atoms with Gasteiger partial charge in [-0.25, -0.2) is 24.6 Å². The molecule has 0 aliphatic carbocycles. The molecule has 1 aromatic heterocycles. The molecule has 10 nitrogen and oxygen atoms in total. The maximum absolute atomic E-state index is 14.8. The normalized spacial score (nSPS) is 13.8. The highest BCUT2D eigenvalue weighted by Crippen LogP contribution is 2.37. The number of rotatable bonds is 4. The summed E-state index contributed by atoms with van der Waals surface area (Å²) in [4.78, 5) is 61.3. The number of ether oxygens (including phenoxy) is 2. The number of likely N-dealkylation sites (tertiary alicyclic amines) is 1. The fraction of sp³-hybridized carbons (Fsp3) is 0.424. The molecule has 1 saturated heterocycles. The lowest BCUT2D eigenvalue weighted by atomic mass is 9.97. The molecule has 4 rings (SSSR count). The number of nitrogens with one attached hydrogen (secondary N) is 1. The number of benzene rings is 2. The highest BCUT2D eigenvalue weighted by molar-refractivity contribution is 6.34. The van der Waals surface area contributed by atoms with Crippen LogP contribution < -0.4 is 15.2 Å². The summed E-state index contributed by atoms with van der Waals surface area (Å²) in [5.41, 5.74) is 0.567. The Balaban J connectivity index is 2.02. The number of pyridine rings is 1. The number of anilines is 1. The first-order valence-corrected chi connectivity index (χ1v) is 15.1. The van der Waals surface area contributed by atoms with Gasteiger partial charge >= 0.3 is 12.1 Å². The van der Waals surface area contributed by atoms with Crippen LogP contribution in [0.15, 0.2) is 36.4 Å². The van der Waals surface area contributed by atoms with Crippen LogP contribution >= 0.6 is 11.6 Å². The van der Waals surface area contributed by atoms with Crippen LogP contribution in [0.5, 0.6) is 5.75 Å². The fourth-order valence-corrected chi connectivity index (χ4v) is 5.00. The Morgan fingerprint density at radius 3 is 2.24 bits per heavy atom. The average molecular weight is 641 g/mol. The predicted molar refractivity (Wildman–Crippen MR) is 169 cm³/mol. The Labute approximate surface area is 266 Å². The molecule has 0 spiro atoms. The molecule has 45 heavy (non-hydrogen) atoms. The van der Waals surface area contributed by atoms with E-state index in [-0.39, 0.29) is 33.1 Å². The van der Waals surface area contributed by atoms with E-state index in [2.05, 4.69) is 10.4 Å². The smallest absolute Gasteiger partial charge is 0.427 e. The van der Waals surface area contributed by atoms with Gasteiger partial charge in [0.15, 0.2) is 5.75 Å². The van der Waals surface area contributed by atoms with E-state index >= 15 is 0 Å². The van der Waals surface area contributed by atoms with E-state index in [0.717, 1.165) is 42.0 Å². The zero-order chi connectivity index (χ0) is 33.3. The summed E-state index contributed by atoms with van der Waals surface area (Å²) in [5, 5.41) is 1.05. The van der Waals surface area contributed by atoms with E-state index in [0.29, 0.717) is 13.1 Å². The minimum atomic E-state index is -1.03. The van der Waals surface area contributed by atoms with Crippen LogP contribution in [0.2, 0.25) is 5.02 Å². The van der Waals surface area contributed by atoms with Crippen molar-refractivity contribution in [2.45, 2.75) is 73.3 Å². The number of carbonyl (C=O) groups excluding carboxylic acids is 4. The maximum Gasteiger partial charge on any atom is 0.427 e. The third-order valence-corrected chi connectivity index (χ3v) is 7.22. The SMILES string of the molecule is Cc1ccc(N(NC(=O)OC(C)(C)C)C(=O)c2c(C(=O)N3CCCCC3)nc3cc(F)ccc3c2OC(=O)C(C)(C)C)c(Cl)c1. The topological polar surface area (TPSA) is 118 Å². The number of fused-ring (bicyclic) bond motifs is 1. The number of esters is 1. The predicted octanol–water partition coefficient (Wildman–Crippen LogP) is 7.00. The summed E-state index contributed by atoms with van der Waals surface area (Å²) in [6.45, 7) is 12.5. The van der Waals surface area contributed by atoms with E-state index in [1.54, 1.807) is 65.5 Å². The number of aromatic nitrogens is 1. The van der Waals surface area contributed by atoms with Crippen molar-refractivity contribution in [1.82, 2.24) is 15.3 Å². The van der Waals surface area contributed by atoms with Crippen LogP contribution in [0, 0.1) is 18.2 Å². The third kappa shape index (κ3) is 7.89. The van der Waals surface area contributed by atoms with Crippen LogP contribution in [-0.2, 0) is 9.53 Å². The minimum Gasteiger partial charge on any atom is -0.443 e. The second-order valence-corrected chi connectivity index (χ2v) is 13.4. The van der Waals surface area contributed by atoms with Crippen molar-refractivity contribution in [1.29, 1.82) is 0 Å². The van der Waals surface area contributed by atoms with Gasteiger partial charge in [0.05, 0.1) is 21.6 Å². The van der Waals surface area contributed by atoms with E-state index in [9.17, 15) is 23.6 Å². The van der Waals surface area contributed by atoms with Crippen molar-refractivity contribution in [2.24, 2.45) is 5.41 Å². The molecule has 0 saturated carbocycles. The van der Waals surface area contributed by atoms with Gasteiger partial charge in [-0.15, -0.1) is 0 Å². The fourth-order valence-electron chi connectivity index (χ4n) is 4.68. The van der Waals surface area contributed by atoms with Gasteiger partial charge in [-0.3, -0.25) is 14.4 Å². The van der Waals surface area contributed by atoms with Gasteiger partial charge < -0.3 is 14.4 Å². The quantitative estimate of drug-likeness (QED) is 0.241. The van der Waals surface area contributed by atoms with Gasteiger partial charge in [0.25, 0.3) is 11.8 Å². The van der Waals surface area contributed by atoms with Crippen molar-refractivity contribution >= 4 is 52.1 Å². The van der Waals surface area contributed by atoms with E-state index in [1.807, 2.05) is 0 Å². The van der Waals surface area contributed by atoms with Crippen molar-refractivity contribution in [3.63, 3.8) is 0 Å². The summed E-state index contributed by atoms with van der Waals surface area (Å²) in [6.07, 6.45) is 1.43. The van der Waals surface area contributed by atoms with Crippen molar-refractivity contribution < 1.29 is 33.0 Å². The third-order valence-electron chi connectivity index (χ3n) is 6.92. The first-order chi connectivity index (χ1) is 21.0. The van der Waals surface area contributed by atoms with E-state index < -0.39 is 46.3 Å². The lowest BCUT2D eigenvalue weighted by Crippen LogP contribution is -2.49. The number of hydrazine groups is 1. The Morgan fingerprint density at radius 2 is 1.64 bits per heavy atom. The van der Waals surface area contributed by atoms with Crippen LogP contribution in [-0.4, -0.2) is 52.5 Å². The molecule has 3 amide bonds. The molecule has 0 atom stereocenters. The summed E-state index contributed by atoms with van der Waals surface area (Å²) >= 11 is 6.59. The van der Waals surface area contributed by atoms with Gasteiger partial charge in [0, 0.05) is 24.5 Å². The highest BCUT2D eigenvalue weighted by atomic mass is 35.5. The number of amides is 3. The Kier molecular flexibility index (Phi) is 9.72. The summed E-state index contributed by atoms with van der Waals surface area (Å²) in [5.74, 6) is -3.25.